The number of ether oxygens (including phenoxy) is 1. The zero-order valence-electron chi connectivity index (χ0n) is 16.8. The second-order valence-electron chi connectivity index (χ2n) is 6.90. The number of nitrogens with one attached hydrogen (secondary N) is 2. The molecule has 0 unspecified atom stereocenters. The highest BCUT2D eigenvalue weighted by atomic mass is 16.5. The van der Waals surface area contributed by atoms with E-state index in [-0.39, 0.29) is 11.8 Å². The number of methoxy groups -OCH3 is 1. The van der Waals surface area contributed by atoms with Gasteiger partial charge < -0.3 is 15.4 Å². The van der Waals surface area contributed by atoms with E-state index in [4.69, 9.17) is 4.74 Å². The van der Waals surface area contributed by atoms with Gasteiger partial charge in [0.05, 0.1) is 13.5 Å². The summed E-state index contributed by atoms with van der Waals surface area (Å²) in [4.78, 5) is 24.7. The van der Waals surface area contributed by atoms with Crippen LogP contribution in [0, 0.1) is 13.8 Å². The summed E-state index contributed by atoms with van der Waals surface area (Å²) in [5.41, 5.74) is 5.19. The molecule has 0 atom stereocenters. The van der Waals surface area contributed by atoms with Gasteiger partial charge in [-0.3, -0.25) is 9.59 Å². The molecule has 148 valence electrons. The zero-order valence-corrected chi connectivity index (χ0v) is 16.8. The zero-order chi connectivity index (χ0) is 20.8. The standard InChI is InChI=1S/C24H24N2O3/c1-16-4-5-18(14-17(16)2)15-23(27)25-20-8-6-19(7-9-20)24(28)26-21-10-12-22(29-3)13-11-21/h4-14H,15H2,1-3H3,(H,25,27)(H,26,28). The van der Waals surface area contributed by atoms with Gasteiger partial charge in [-0.2, -0.15) is 0 Å². The molecular formula is C24H24N2O3. The van der Waals surface area contributed by atoms with Crippen molar-refractivity contribution in [1.29, 1.82) is 0 Å². The summed E-state index contributed by atoms with van der Waals surface area (Å²) in [5, 5.41) is 5.70. The number of anilines is 2. The molecule has 3 aromatic rings. The summed E-state index contributed by atoms with van der Waals surface area (Å²) in [6, 6.07) is 19.9. The van der Waals surface area contributed by atoms with Crippen molar-refractivity contribution < 1.29 is 14.3 Å². The highest BCUT2D eigenvalue weighted by molar-refractivity contribution is 6.04. The molecule has 0 fully saturated rings. The van der Waals surface area contributed by atoms with Crippen molar-refractivity contribution in [3.05, 3.63) is 89.0 Å². The fourth-order valence-corrected chi connectivity index (χ4v) is 2.89. The third-order valence-electron chi connectivity index (χ3n) is 4.71. The summed E-state index contributed by atoms with van der Waals surface area (Å²) in [5.74, 6) is 0.413. The Hall–Kier alpha value is -3.60. The molecule has 0 bridgehead atoms. The number of carbonyl (C=O) groups excluding carboxylic acids is 2. The molecule has 3 rings (SSSR count). The molecule has 0 radical (unpaired) electrons. The summed E-state index contributed by atoms with van der Waals surface area (Å²) in [6.07, 6.45) is 0.306. The molecule has 3 aromatic carbocycles. The second kappa shape index (κ2) is 9.06. The van der Waals surface area contributed by atoms with Gasteiger partial charge in [0.2, 0.25) is 5.91 Å². The molecular weight excluding hydrogens is 364 g/mol. The molecule has 0 aliphatic heterocycles. The van der Waals surface area contributed by atoms with Crippen molar-refractivity contribution in [2.75, 3.05) is 17.7 Å². The van der Waals surface area contributed by atoms with Crippen LogP contribution >= 0.6 is 0 Å². The first-order chi connectivity index (χ1) is 13.9. The number of rotatable bonds is 6. The molecule has 0 saturated carbocycles. The molecule has 2 N–H and O–H groups in total. The lowest BCUT2D eigenvalue weighted by Gasteiger charge is -2.09. The number of benzene rings is 3. The normalized spacial score (nSPS) is 10.3. The third-order valence-corrected chi connectivity index (χ3v) is 4.71. The van der Waals surface area contributed by atoms with Crippen molar-refractivity contribution in [1.82, 2.24) is 0 Å². The van der Waals surface area contributed by atoms with Crippen molar-refractivity contribution in [2.45, 2.75) is 20.3 Å². The van der Waals surface area contributed by atoms with E-state index in [0.717, 1.165) is 11.3 Å². The molecule has 0 aliphatic carbocycles. The van der Waals surface area contributed by atoms with E-state index in [9.17, 15) is 9.59 Å². The Morgan fingerprint density at radius 3 is 2.03 bits per heavy atom. The van der Waals surface area contributed by atoms with Crippen LogP contribution in [0.5, 0.6) is 5.75 Å². The highest BCUT2D eigenvalue weighted by Crippen LogP contribution is 2.17. The van der Waals surface area contributed by atoms with Gasteiger partial charge in [-0.1, -0.05) is 18.2 Å². The van der Waals surface area contributed by atoms with Gasteiger partial charge in [-0.25, -0.2) is 0 Å². The van der Waals surface area contributed by atoms with Gasteiger partial charge in [-0.15, -0.1) is 0 Å². The van der Waals surface area contributed by atoms with Crippen LogP contribution in [-0.4, -0.2) is 18.9 Å². The average molecular weight is 388 g/mol. The Kier molecular flexibility index (Phi) is 6.29. The van der Waals surface area contributed by atoms with Crippen LogP contribution in [-0.2, 0) is 11.2 Å². The van der Waals surface area contributed by atoms with E-state index in [1.54, 1.807) is 55.6 Å². The minimum Gasteiger partial charge on any atom is -0.497 e. The van der Waals surface area contributed by atoms with Gasteiger partial charge >= 0.3 is 0 Å². The predicted molar refractivity (Wildman–Crippen MR) is 116 cm³/mol. The third kappa shape index (κ3) is 5.45. The first-order valence-corrected chi connectivity index (χ1v) is 9.36. The Bertz CT molecular complexity index is 1010. The number of aryl methyl sites for hydroxylation is 2. The maximum Gasteiger partial charge on any atom is 0.255 e. The molecule has 0 spiro atoms. The molecule has 2 amide bonds. The van der Waals surface area contributed by atoms with Crippen LogP contribution < -0.4 is 15.4 Å². The Labute approximate surface area is 170 Å². The van der Waals surface area contributed by atoms with Crippen LogP contribution in [0.3, 0.4) is 0 Å². The van der Waals surface area contributed by atoms with Crippen LogP contribution in [0.1, 0.15) is 27.0 Å². The highest BCUT2D eigenvalue weighted by Gasteiger charge is 2.08. The van der Waals surface area contributed by atoms with Crippen LogP contribution in [0.4, 0.5) is 11.4 Å². The van der Waals surface area contributed by atoms with Crippen LogP contribution in [0.2, 0.25) is 0 Å². The second-order valence-corrected chi connectivity index (χ2v) is 6.90. The lowest BCUT2D eigenvalue weighted by Crippen LogP contribution is -2.15. The molecule has 5 heteroatoms. The van der Waals surface area contributed by atoms with Crippen LogP contribution in [0.15, 0.2) is 66.7 Å². The monoisotopic (exact) mass is 388 g/mol. The Morgan fingerprint density at radius 2 is 1.41 bits per heavy atom. The van der Waals surface area contributed by atoms with E-state index in [2.05, 4.69) is 10.6 Å². The van der Waals surface area contributed by atoms with Crippen molar-refractivity contribution in [2.24, 2.45) is 0 Å². The summed E-state index contributed by atoms with van der Waals surface area (Å²) in [7, 11) is 1.59. The number of amides is 2. The number of hydrogen-bond acceptors (Lipinski definition) is 3. The van der Waals surface area contributed by atoms with Gasteiger partial charge in [0.15, 0.2) is 0 Å². The maximum absolute atomic E-state index is 12.4. The summed E-state index contributed by atoms with van der Waals surface area (Å²) in [6.45, 7) is 4.08. The predicted octanol–water partition coefficient (Wildman–Crippen LogP) is 4.75. The average Bonchev–Trinajstić information content (AvgIpc) is 2.72. The van der Waals surface area contributed by atoms with Crippen molar-refractivity contribution in [3.8, 4) is 5.75 Å². The van der Waals surface area contributed by atoms with Gasteiger partial charge in [0.25, 0.3) is 5.91 Å². The first kappa shape index (κ1) is 20.1. The SMILES string of the molecule is COc1ccc(NC(=O)c2ccc(NC(=O)Cc3ccc(C)c(C)c3)cc2)cc1. The van der Waals surface area contributed by atoms with Gasteiger partial charge in [-0.05, 0) is 79.1 Å². The van der Waals surface area contributed by atoms with Crippen molar-refractivity contribution in [3.63, 3.8) is 0 Å². The van der Waals surface area contributed by atoms with E-state index in [1.165, 1.54) is 11.1 Å². The van der Waals surface area contributed by atoms with Crippen molar-refractivity contribution >= 4 is 23.2 Å². The fraction of sp³-hybridized carbons (Fsp3) is 0.167. The van der Waals surface area contributed by atoms with E-state index in [1.807, 2.05) is 32.0 Å². The topological polar surface area (TPSA) is 67.4 Å². The molecule has 0 aliphatic rings. The smallest absolute Gasteiger partial charge is 0.255 e. The molecule has 29 heavy (non-hydrogen) atoms. The first-order valence-electron chi connectivity index (χ1n) is 9.36. The lowest BCUT2D eigenvalue weighted by atomic mass is 10.0. The Morgan fingerprint density at radius 1 is 0.793 bits per heavy atom. The minimum absolute atomic E-state index is 0.0938. The van der Waals surface area contributed by atoms with Gasteiger partial charge in [0, 0.05) is 16.9 Å². The largest absolute Gasteiger partial charge is 0.497 e. The number of hydrogen-bond donors (Lipinski definition) is 2. The summed E-state index contributed by atoms with van der Waals surface area (Å²) >= 11 is 0. The number of carbonyl (C=O) groups is 2. The fourth-order valence-electron chi connectivity index (χ4n) is 2.89. The molecule has 0 heterocycles. The minimum atomic E-state index is -0.219. The maximum atomic E-state index is 12.4. The van der Waals surface area contributed by atoms with Gasteiger partial charge in [0.1, 0.15) is 5.75 Å². The quantitative estimate of drug-likeness (QED) is 0.641. The van der Waals surface area contributed by atoms with E-state index in [0.29, 0.717) is 23.4 Å². The van der Waals surface area contributed by atoms with Crippen LogP contribution in [0.25, 0.3) is 0 Å². The molecule has 0 aromatic heterocycles. The molecule has 5 nitrogen and oxygen atoms in total. The summed E-state index contributed by atoms with van der Waals surface area (Å²) < 4.78 is 5.10. The van der Waals surface area contributed by atoms with E-state index < -0.39 is 0 Å². The molecule has 0 saturated heterocycles. The van der Waals surface area contributed by atoms with E-state index >= 15 is 0 Å². The lowest BCUT2D eigenvalue weighted by molar-refractivity contribution is -0.115. The Balaban J connectivity index is 1.57.